The first-order chi connectivity index (χ1) is 14.7. The largest absolute Gasteiger partial charge is 0.497 e. The lowest BCUT2D eigenvalue weighted by Crippen LogP contribution is -2.29. The van der Waals surface area contributed by atoms with Crippen molar-refractivity contribution in [3.8, 4) is 22.8 Å². The third-order valence-corrected chi connectivity index (χ3v) is 5.04. The van der Waals surface area contributed by atoms with Gasteiger partial charge >= 0.3 is 0 Å². The Bertz CT molecular complexity index is 1280. The maximum absolute atomic E-state index is 12.7. The molecule has 10 nitrogen and oxygen atoms in total. The van der Waals surface area contributed by atoms with Gasteiger partial charge in [-0.2, -0.15) is 9.78 Å². The molecule has 10 heteroatoms. The number of nitrogens with one attached hydrogen (secondary N) is 2. The van der Waals surface area contributed by atoms with E-state index < -0.39 is 6.04 Å². The second-order valence-corrected chi connectivity index (χ2v) is 6.67. The number of benzene rings is 2. The summed E-state index contributed by atoms with van der Waals surface area (Å²) in [7, 11) is 3.21. The molecule has 0 amide bonds. The Morgan fingerprint density at radius 2 is 1.83 bits per heavy atom. The summed E-state index contributed by atoms with van der Waals surface area (Å²) in [5.74, 6) is 1.78. The normalized spacial score (nSPS) is 14.4. The van der Waals surface area contributed by atoms with Crippen LogP contribution in [0, 0.1) is 0 Å². The number of aromatic amines is 1. The minimum atomic E-state index is -0.465. The van der Waals surface area contributed by atoms with Crippen LogP contribution in [0.4, 0.5) is 11.6 Å². The number of hydrogen-bond donors (Lipinski definition) is 2. The second-order valence-electron chi connectivity index (χ2n) is 6.67. The number of rotatable bonds is 4. The van der Waals surface area contributed by atoms with E-state index in [0.29, 0.717) is 28.6 Å². The van der Waals surface area contributed by atoms with Crippen molar-refractivity contribution in [1.82, 2.24) is 30.4 Å². The van der Waals surface area contributed by atoms with E-state index in [1.165, 1.54) is 0 Å². The highest BCUT2D eigenvalue weighted by Gasteiger charge is 2.34. The van der Waals surface area contributed by atoms with Crippen LogP contribution in [0.5, 0.6) is 11.5 Å². The minimum absolute atomic E-state index is 0.353. The Hall–Kier alpha value is -4.21. The zero-order valence-electron chi connectivity index (χ0n) is 16.2. The molecule has 2 aromatic carbocycles. The number of hydrogen-bond acceptors (Lipinski definition) is 8. The van der Waals surface area contributed by atoms with Crippen LogP contribution < -0.4 is 20.3 Å². The SMILES string of the molecule is COc1ccc([C@@H]2c3c(-c4cccc(OC)c4)n[nH]c(=O)c3Nc3nnnn32)cc1. The van der Waals surface area contributed by atoms with Crippen LogP contribution in [0.3, 0.4) is 0 Å². The van der Waals surface area contributed by atoms with E-state index in [9.17, 15) is 4.79 Å². The van der Waals surface area contributed by atoms with Gasteiger partial charge in [0.15, 0.2) is 0 Å². The molecule has 150 valence electrons. The van der Waals surface area contributed by atoms with Gasteiger partial charge in [0.25, 0.3) is 5.56 Å². The molecule has 0 bridgehead atoms. The van der Waals surface area contributed by atoms with Gasteiger partial charge in [-0.1, -0.05) is 29.4 Å². The van der Waals surface area contributed by atoms with Crippen LogP contribution in [0.25, 0.3) is 11.3 Å². The number of methoxy groups -OCH3 is 2. The summed E-state index contributed by atoms with van der Waals surface area (Å²) >= 11 is 0. The third kappa shape index (κ3) is 2.77. The Kier molecular flexibility index (Phi) is 4.16. The fourth-order valence-corrected chi connectivity index (χ4v) is 3.62. The smallest absolute Gasteiger partial charge is 0.288 e. The molecule has 1 aliphatic heterocycles. The molecule has 4 aromatic rings. The summed E-state index contributed by atoms with van der Waals surface area (Å²) in [4.78, 5) is 12.7. The van der Waals surface area contributed by atoms with Crippen molar-refractivity contribution in [2.24, 2.45) is 0 Å². The zero-order valence-corrected chi connectivity index (χ0v) is 16.2. The lowest BCUT2D eigenvalue weighted by atomic mass is 9.92. The molecule has 1 aliphatic rings. The molecule has 0 spiro atoms. The maximum Gasteiger partial charge on any atom is 0.288 e. The van der Waals surface area contributed by atoms with Gasteiger partial charge in [0.1, 0.15) is 23.2 Å². The van der Waals surface area contributed by atoms with Crippen LogP contribution in [0.1, 0.15) is 17.2 Å². The lowest BCUT2D eigenvalue weighted by molar-refractivity contribution is 0.414. The molecule has 30 heavy (non-hydrogen) atoms. The van der Waals surface area contributed by atoms with Crippen LogP contribution in [-0.4, -0.2) is 44.6 Å². The predicted molar refractivity (Wildman–Crippen MR) is 108 cm³/mol. The molecule has 1 atom stereocenters. The Labute approximate surface area is 170 Å². The van der Waals surface area contributed by atoms with Gasteiger partial charge in [0.2, 0.25) is 5.95 Å². The first kappa shape index (κ1) is 17.9. The van der Waals surface area contributed by atoms with E-state index in [-0.39, 0.29) is 5.56 Å². The number of ether oxygens (including phenoxy) is 2. The summed E-state index contributed by atoms with van der Waals surface area (Å²) < 4.78 is 12.3. The minimum Gasteiger partial charge on any atom is -0.497 e. The summed E-state index contributed by atoms with van der Waals surface area (Å²) in [6.07, 6.45) is 0. The van der Waals surface area contributed by atoms with Crippen molar-refractivity contribution in [3.05, 3.63) is 70.0 Å². The molecular weight excluding hydrogens is 386 g/mol. The van der Waals surface area contributed by atoms with E-state index in [4.69, 9.17) is 9.47 Å². The average molecular weight is 403 g/mol. The van der Waals surface area contributed by atoms with Crippen molar-refractivity contribution in [1.29, 1.82) is 0 Å². The van der Waals surface area contributed by atoms with E-state index in [1.54, 1.807) is 18.9 Å². The van der Waals surface area contributed by atoms with Gasteiger partial charge < -0.3 is 14.8 Å². The number of anilines is 2. The highest BCUT2D eigenvalue weighted by molar-refractivity contribution is 5.76. The second kappa shape index (κ2) is 6.99. The van der Waals surface area contributed by atoms with Crippen LogP contribution in [0.2, 0.25) is 0 Å². The van der Waals surface area contributed by atoms with Crippen molar-refractivity contribution in [2.45, 2.75) is 6.04 Å². The monoisotopic (exact) mass is 403 g/mol. The van der Waals surface area contributed by atoms with Gasteiger partial charge in [0, 0.05) is 11.1 Å². The predicted octanol–water partition coefficient (Wildman–Crippen LogP) is 2.14. The molecule has 0 unspecified atom stereocenters. The van der Waals surface area contributed by atoms with Gasteiger partial charge in [0.05, 0.1) is 19.9 Å². The summed E-state index contributed by atoms with van der Waals surface area (Å²) in [6.45, 7) is 0. The zero-order chi connectivity index (χ0) is 20.7. The molecule has 0 fully saturated rings. The molecule has 5 rings (SSSR count). The Morgan fingerprint density at radius 3 is 2.60 bits per heavy atom. The van der Waals surface area contributed by atoms with E-state index in [1.807, 2.05) is 48.5 Å². The number of fused-ring (bicyclic) bond motifs is 2. The number of nitrogens with zero attached hydrogens (tertiary/aromatic N) is 5. The standard InChI is InChI=1S/C20H17N7O3/c1-29-13-8-6-11(7-9-13)18-15-16(12-4-3-5-14(10-12)30-2)22-23-19(28)17(15)21-20-24-25-26-27(18)20/h3-10,18H,1-2H3,(H,23,28)(H,21,24,26)/t18-/m1/s1. The quantitative estimate of drug-likeness (QED) is 0.468. The van der Waals surface area contributed by atoms with Crippen molar-refractivity contribution in [3.63, 3.8) is 0 Å². The van der Waals surface area contributed by atoms with Gasteiger partial charge in [-0.05, 0) is 40.3 Å². The molecule has 3 heterocycles. The summed E-state index contributed by atoms with van der Waals surface area (Å²) in [5.41, 5.74) is 2.92. The van der Waals surface area contributed by atoms with E-state index in [2.05, 4.69) is 31.0 Å². The molecular formula is C20H17N7O3. The molecule has 0 radical (unpaired) electrons. The highest BCUT2D eigenvalue weighted by atomic mass is 16.5. The van der Waals surface area contributed by atoms with Gasteiger partial charge in [-0.15, -0.1) is 0 Å². The third-order valence-electron chi connectivity index (χ3n) is 5.04. The molecule has 2 aromatic heterocycles. The lowest BCUT2D eigenvalue weighted by Gasteiger charge is -2.28. The van der Waals surface area contributed by atoms with E-state index in [0.717, 1.165) is 16.9 Å². The topological polar surface area (TPSA) is 120 Å². The van der Waals surface area contributed by atoms with Crippen LogP contribution in [-0.2, 0) is 0 Å². The number of aromatic nitrogens is 6. The van der Waals surface area contributed by atoms with Gasteiger partial charge in [-0.3, -0.25) is 4.79 Å². The highest BCUT2D eigenvalue weighted by Crippen LogP contribution is 2.41. The van der Waals surface area contributed by atoms with Crippen LogP contribution in [0.15, 0.2) is 53.3 Å². The van der Waals surface area contributed by atoms with Crippen LogP contribution >= 0.6 is 0 Å². The molecule has 2 N–H and O–H groups in total. The molecule has 0 aliphatic carbocycles. The molecule has 0 saturated carbocycles. The summed E-state index contributed by atoms with van der Waals surface area (Å²) in [5, 5.41) is 21.9. The average Bonchev–Trinajstić information content (AvgIpc) is 3.27. The first-order valence-corrected chi connectivity index (χ1v) is 9.15. The number of H-pyrrole nitrogens is 1. The van der Waals surface area contributed by atoms with Crippen molar-refractivity contribution < 1.29 is 9.47 Å². The van der Waals surface area contributed by atoms with Gasteiger partial charge in [-0.25, -0.2) is 5.10 Å². The Morgan fingerprint density at radius 1 is 1.03 bits per heavy atom. The van der Waals surface area contributed by atoms with Crippen molar-refractivity contribution in [2.75, 3.05) is 19.5 Å². The molecule has 0 saturated heterocycles. The maximum atomic E-state index is 12.7. The number of tetrazole rings is 1. The fourth-order valence-electron chi connectivity index (χ4n) is 3.62. The summed E-state index contributed by atoms with van der Waals surface area (Å²) in [6, 6.07) is 14.6. The fraction of sp³-hybridized carbons (Fsp3) is 0.150. The first-order valence-electron chi connectivity index (χ1n) is 9.15. The van der Waals surface area contributed by atoms with E-state index >= 15 is 0 Å². The Balaban J connectivity index is 1.78. The van der Waals surface area contributed by atoms with Crippen molar-refractivity contribution >= 4 is 11.6 Å².